The van der Waals surface area contributed by atoms with E-state index in [4.69, 9.17) is 4.11 Å². The van der Waals surface area contributed by atoms with Crippen molar-refractivity contribution in [1.29, 1.82) is 0 Å². The second-order valence-electron chi connectivity index (χ2n) is 5.24. The molecular formula is C15H20O. The van der Waals surface area contributed by atoms with E-state index in [0.717, 1.165) is 16.7 Å². The van der Waals surface area contributed by atoms with Crippen LogP contribution in [-0.4, -0.2) is 5.11 Å². The predicted octanol–water partition coefficient (Wildman–Crippen LogP) is 3.73. The molecule has 0 radical (unpaired) electrons. The van der Waals surface area contributed by atoms with Crippen LogP contribution in [0.25, 0.3) is 5.57 Å². The molecule has 0 bridgehead atoms. The van der Waals surface area contributed by atoms with Crippen molar-refractivity contribution in [2.45, 2.75) is 40.1 Å². The highest BCUT2D eigenvalue weighted by Gasteiger charge is 2.46. The first-order valence-electron chi connectivity index (χ1n) is 7.05. The van der Waals surface area contributed by atoms with Gasteiger partial charge in [0.05, 0.1) is 5.60 Å². The van der Waals surface area contributed by atoms with Gasteiger partial charge in [-0.2, -0.15) is 0 Å². The highest BCUT2D eigenvalue weighted by atomic mass is 16.3. The Kier molecular flexibility index (Phi) is 1.62. The maximum absolute atomic E-state index is 10.9. The average molecular weight is 219 g/mol. The van der Waals surface area contributed by atoms with Crippen molar-refractivity contribution in [2.24, 2.45) is 5.41 Å². The number of aliphatic hydroxyl groups is 1. The van der Waals surface area contributed by atoms with Crippen molar-refractivity contribution in [3.05, 3.63) is 41.0 Å². The van der Waals surface area contributed by atoms with Gasteiger partial charge in [-0.3, -0.25) is 0 Å². The summed E-state index contributed by atoms with van der Waals surface area (Å²) in [5, 5.41) is 10.9. The van der Waals surface area contributed by atoms with Gasteiger partial charge < -0.3 is 5.11 Å². The predicted molar refractivity (Wildman–Crippen MR) is 68.1 cm³/mol. The Morgan fingerprint density at radius 2 is 1.81 bits per heavy atom. The molecule has 0 heterocycles. The molecule has 0 saturated heterocycles. The second kappa shape index (κ2) is 3.21. The van der Waals surface area contributed by atoms with E-state index < -0.39 is 17.9 Å². The first-order valence-corrected chi connectivity index (χ1v) is 5.55. The molecule has 2 rings (SSSR count). The molecule has 86 valence electrons. The molecule has 0 saturated carbocycles. The lowest BCUT2D eigenvalue weighted by Crippen LogP contribution is -2.43. The molecule has 0 aromatic heterocycles. The molecule has 0 amide bonds. The molecule has 1 aromatic rings. The number of fused-ring (bicyclic) bond motifs is 1. The number of rotatable bonds is 0. The minimum Gasteiger partial charge on any atom is -0.385 e. The Morgan fingerprint density at radius 1 is 1.19 bits per heavy atom. The molecule has 16 heavy (non-hydrogen) atoms. The summed E-state index contributed by atoms with van der Waals surface area (Å²) in [5.41, 5.74) is 0.697. The molecule has 0 spiro atoms. The Hall–Kier alpha value is -1.08. The van der Waals surface area contributed by atoms with Crippen LogP contribution in [0.15, 0.2) is 29.8 Å². The first kappa shape index (κ1) is 8.08. The van der Waals surface area contributed by atoms with Crippen molar-refractivity contribution in [2.75, 3.05) is 0 Å². The van der Waals surface area contributed by atoms with Crippen LogP contribution < -0.4 is 0 Å². The molecule has 0 aliphatic heterocycles. The molecule has 1 N–H and O–H groups in total. The van der Waals surface area contributed by atoms with Crippen LogP contribution in [0.1, 0.15) is 49.8 Å². The van der Waals surface area contributed by atoms with Crippen LogP contribution >= 0.6 is 0 Å². The summed E-state index contributed by atoms with van der Waals surface area (Å²) < 4.78 is 23.4. The molecule has 0 fully saturated rings. The van der Waals surface area contributed by atoms with Gasteiger partial charge >= 0.3 is 0 Å². The zero-order chi connectivity index (χ0) is 14.6. The van der Waals surface area contributed by atoms with Gasteiger partial charge in [0.15, 0.2) is 0 Å². The molecule has 1 aliphatic carbocycles. The van der Waals surface area contributed by atoms with Gasteiger partial charge in [-0.05, 0) is 37.4 Å². The first-order chi connectivity index (χ1) is 8.51. The van der Waals surface area contributed by atoms with Crippen LogP contribution in [0.4, 0.5) is 0 Å². The molecule has 1 aromatic carbocycles. The van der Waals surface area contributed by atoms with Crippen LogP contribution in [0, 0.1) is 5.41 Å². The van der Waals surface area contributed by atoms with E-state index in [-0.39, 0.29) is 0 Å². The largest absolute Gasteiger partial charge is 0.385 e. The maximum Gasteiger partial charge on any atom is 0.0962 e. The smallest absolute Gasteiger partial charge is 0.0962 e. The van der Waals surface area contributed by atoms with Crippen LogP contribution in [0.5, 0.6) is 0 Å². The summed E-state index contributed by atoms with van der Waals surface area (Å²) >= 11 is 0. The molecule has 1 nitrogen and oxygen atoms in total. The van der Waals surface area contributed by atoms with E-state index in [9.17, 15) is 5.11 Å². The fourth-order valence-corrected chi connectivity index (χ4v) is 2.42. The normalized spacial score (nSPS) is 31.4. The summed E-state index contributed by atoms with van der Waals surface area (Å²) in [6.07, 6.45) is 0. The highest BCUT2D eigenvalue weighted by molar-refractivity contribution is 5.74. The van der Waals surface area contributed by atoms with Crippen LogP contribution in [0.3, 0.4) is 0 Å². The van der Waals surface area contributed by atoms with E-state index in [0.29, 0.717) is 5.57 Å². The fraction of sp³-hybridized carbons (Fsp3) is 0.467. The lowest BCUT2D eigenvalue weighted by Gasteiger charge is -2.46. The van der Waals surface area contributed by atoms with Gasteiger partial charge in [-0.25, -0.2) is 0 Å². The average Bonchev–Trinajstić information content (AvgIpc) is 2.25. The Balaban J connectivity index is 2.87. The van der Waals surface area contributed by atoms with Crippen molar-refractivity contribution < 1.29 is 9.22 Å². The zero-order valence-corrected chi connectivity index (χ0v) is 10.3. The standard InChI is InChI=1S/C15H20O/c1-10-11(2)14(3,4)15(5,16)13-9-7-6-8-12(10)13/h6-9,16H,1-5H3/i2D3. The quantitative estimate of drug-likeness (QED) is 0.705. The molecule has 1 unspecified atom stereocenters. The lowest BCUT2D eigenvalue weighted by atomic mass is 9.61. The zero-order valence-electron chi connectivity index (χ0n) is 13.3. The monoisotopic (exact) mass is 219 g/mol. The van der Waals surface area contributed by atoms with E-state index in [2.05, 4.69) is 0 Å². The maximum atomic E-state index is 10.9. The Morgan fingerprint density at radius 3 is 2.44 bits per heavy atom. The van der Waals surface area contributed by atoms with E-state index in [1.807, 2.05) is 31.2 Å². The summed E-state index contributed by atoms with van der Waals surface area (Å²) in [4.78, 5) is 0. The van der Waals surface area contributed by atoms with Gasteiger partial charge in [-0.15, -0.1) is 0 Å². The van der Waals surface area contributed by atoms with Crippen molar-refractivity contribution in [3.8, 4) is 0 Å². The van der Waals surface area contributed by atoms with Crippen LogP contribution in [0.2, 0.25) is 0 Å². The number of allylic oxidation sites excluding steroid dienone is 1. The number of hydrogen-bond acceptors (Lipinski definition) is 1. The summed E-state index contributed by atoms with van der Waals surface area (Å²) in [6.45, 7) is 4.93. The van der Waals surface area contributed by atoms with Gasteiger partial charge in [0, 0.05) is 9.53 Å². The highest BCUT2D eigenvalue weighted by Crippen LogP contribution is 2.52. The van der Waals surface area contributed by atoms with Crippen molar-refractivity contribution in [3.63, 3.8) is 0 Å². The van der Waals surface area contributed by atoms with E-state index in [1.54, 1.807) is 20.8 Å². The minimum absolute atomic E-state index is 0.351. The third-order valence-electron chi connectivity index (χ3n) is 4.07. The summed E-state index contributed by atoms with van der Waals surface area (Å²) in [7, 11) is 0. The lowest BCUT2D eigenvalue weighted by molar-refractivity contribution is -0.0390. The number of benzene rings is 1. The SMILES string of the molecule is [2H]C([2H])([2H])C1=C(C)c2ccccc2C(C)(O)C1(C)C. The van der Waals surface area contributed by atoms with Crippen molar-refractivity contribution >= 4 is 5.57 Å². The van der Waals surface area contributed by atoms with Gasteiger partial charge in [-0.1, -0.05) is 43.7 Å². The third kappa shape index (κ3) is 1.21. The fourth-order valence-electron chi connectivity index (χ4n) is 2.42. The Bertz CT molecular complexity index is 551. The van der Waals surface area contributed by atoms with Gasteiger partial charge in [0.2, 0.25) is 0 Å². The van der Waals surface area contributed by atoms with Crippen molar-refractivity contribution in [1.82, 2.24) is 0 Å². The second-order valence-corrected chi connectivity index (χ2v) is 5.24. The van der Waals surface area contributed by atoms with Gasteiger partial charge in [0.1, 0.15) is 0 Å². The minimum atomic E-state index is -2.20. The molecule has 1 aliphatic rings. The number of hydrogen-bond donors (Lipinski definition) is 1. The third-order valence-corrected chi connectivity index (χ3v) is 4.07. The van der Waals surface area contributed by atoms with E-state index in [1.165, 1.54) is 0 Å². The van der Waals surface area contributed by atoms with Gasteiger partial charge in [0.25, 0.3) is 0 Å². The van der Waals surface area contributed by atoms with E-state index >= 15 is 0 Å². The summed E-state index contributed by atoms with van der Waals surface area (Å²) in [6, 6.07) is 7.49. The summed E-state index contributed by atoms with van der Waals surface area (Å²) in [5.74, 6) is 0. The van der Waals surface area contributed by atoms with Crippen LogP contribution in [-0.2, 0) is 5.60 Å². The molecule has 1 atom stereocenters. The topological polar surface area (TPSA) is 20.2 Å². The molecular weight excluding hydrogens is 196 g/mol. The molecule has 1 heteroatoms. The Labute approximate surface area is 102 Å².